The highest BCUT2D eigenvalue weighted by Crippen LogP contribution is 2.10. The maximum Gasteiger partial charge on any atom is 0.237 e. The van der Waals surface area contributed by atoms with Crippen LogP contribution < -0.4 is 11.1 Å². The van der Waals surface area contributed by atoms with Gasteiger partial charge in [-0.1, -0.05) is 13.8 Å². The Morgan fingerprint density at radius 2 is 2.00 bits per heavy atom. The number of hydrogen-bond acceptors (Lipinski definition) is 4. The summed E-state index contributed by atoms with van der Waals surface area (Å²) in [5.74, 6) is -0.287. The second-order valence-corrected chi connectivity index (χ2v) is 4.61. The van der Waals surface area contributed by atoms with E-state index in [1.54, 1.807) is 0 Å². The quantitative estimate of drug-likeness (QED) is 0.533. The zero-order chi connectivity index (χ0) is 14.0. The van der Waals surface area contributed by atoms with Crippen molar-refractivity contribution in [2.24, 2.45) is 5.73 Å². The summed E-state index contributed by atoms with van der Waals surface area (Å²) < 4.78 is 5.34. The molecule has 0 aliphatic rings. The van der Waals surface area contributed by atoms with Crippen LogP contribution in [0.15, 0.2) is 0 Å². The zero-order valence-corrected chi connectivity index (χ0v) is 12.3. The lowest BCUT2D eigenvalue weighted by Gasteiger charge is -2.30. The summed E-state index contributed by atoms with van der Waals surface area (Å²) in [6, 6.07) is 0. The SMILES string of the molecule is CCNC(C)(CCN(CC)CCOCC)C(N)=O. The summed E-state index contributed by atoms with van der Waals surface area (Å²) in [4.78, 5) is 13.8. The third-order valence-electron chi connectivity index (χ3n) is 3.24. The molecule has 0 heterocycles. The van der Waals surface area contributed by atoms with Gasteiger partial charge in [-0.3, -0.25) is 4.79 Å². The van der Waals surface area contributed by atoms with Gasteiger partial charge in [0, 0.05) is 19.7 Å². The number of amides is 1. The number of nitrogens with zero attached hydrogens (tertiary/aromatic N) is 1. The van der Waals surface area contributed by atoms with E-state index < -0.39 is 5.54 Å². The van der Waals surface area contributed by atoms with Crippen LogP contribution in [-0.2, 0) is 9.53 Å². The monoisotopic (exact) mass is 259 g/mol. The van der Waals surface area contributed by atoms with Crippen molar-refractivity contribution in [1.29, 1.82) is 0 Å². The van der Waals surface area contributed by atoms with Gasteiger partial charge in [-0.25, -0.2) is 0 Å². The number of ether oxygens (including phenoxy) is 1. The molecule has 0 saturated heterocycles. The molecule has 0 aromatic carbocycles. The van der Waals surface area contributed by atoms with Crippen molar-refractivity contribution in [2.45, 2.75) is 39.7 Å². The van der Waals surface area contributed by atoms with E-state index in [1.165, 1.54) is 0 Å². The molecule has 3 N–H and O–H groups in total. The smallest absolute Gasteiger partial charge is 0.237 e. The van der Waals surface area contributed by atoms with Crippen LogP contribution in [-0.4, -0.2) is 55.7 Å². The van der Waals surface area contributed by atoms with Crippen LogP contribution >= 0.6 is 0 Å². The normalized spacial score (nSPS) is 14.7. The second kappa shape index (κ2) is 9.30. The molecule has 0 spiro atoms. The van der Waals surface area contributed by atoms with Crippen LogP contribution in [0.25, 0.3) is 0 Å². The molecule has 1 amide bonds. The average molecular weight is 259 g/mol. The Bertz CT molecular complexity index is 236. The largest absolute Gasteiger partial charge is 0.380 e. The molecule has 0 fully saturated rings. The van der Waals surface area contributed by atoms with Crippen molar-refractivity contribution >= 4 is 5.91 Å². The van der Waals surface area contributed by atoms with Crippen LogP contribution in [0.1, 0.15) is 34.1 Å². The van der Waals surface area contributed by atoms with Crippen LogP contribution in [0.4, 0.5) is 0 Å². The van der Waals surface area contributed by atoms with Gasteiger partial charge in [-0.15, -0.1) is 0 Å². The Labute approximate surface area is 111 Å². The Morgan fingerprint density at radius 3 is 2.44 bits per heavy atom. The Kier molecular flexibility index (Phi) is 8.97. The second-order valence-electron chi connectivity index (χ2n) is 4.61. The van der Waals surface area contributed by atoms with Gasteiger partial charge in [0.15, 0.2) is 0 Å². The van der Waals surface area contributed by atoms with E-state index in [2.05, 4.69) is 17.1 Å². The van der Waals surface area contributed by atoms with Gasteiger partial charge in [-0.05, 0) is 33.4 Å². The fourth-order valence-electron chi connectivity index (χ4n) is 1.84. The molecular weight excluding hydrogens is 230 g/mol. The number of carbonyl (C=O) groups is 1. The highest BCUT2D eigenvalue weighted by atomic mass is 16.5. The van der Waals surface area contributed by atoms with Gasteiger partial charge in [0.25, 0.3) is 0 Å². The van der Waals surface area contributed by atoms with Crippen molar-refractivity contribution in [3.05, 3.63) is 0 Å². The molecule has 0 aliphatic carbocycles. The minimum atomic E-state index is -0.617. The Balaban J connectivity index is 4.17. The molecule has 0 aromatic heterocycles. The van der Waals surface area contributed by atoms with Crippen molar-refractivity contribution in [2.75, 3.05) is 39.4 Å². The Morgan fingerprint density at radius 1 is 1.33 bits per heavy atom. The number of nitrogens with two attached hydrogens (primary N) is 1. The third kappa shape index (κ3) is 6.33. The minimum Gasteiger partial charge on any atom is -0.380 e. The summed E-state index contributed by atoms with van der Waals surface area (Å²) in [6.07, 6.45) is 0.718. The van der Waals surface area contributed by atoms with Crippen LogP contribution in [0.5, 0.6) is 0 Å². The highest BCUT2D eigenvalue weighted by molar-refractivity contribution is 5.84. The number of carbonyl (C=O) groups excluding carboxylic acids is 1. The molecule has 0 aliphatic heterocycles. The lowest BCUT2D eigenvalue weighted by molar-refractivity contribution is -0.124. The number of hydrogen-bond donors (Lipinski definition) is 2. The first-order valence-corrected chi connectivity index (χ1v) is 6.85. The summed E-state index contributed by atoms with van der Waals surface area (Å²) in [7, 11) is 0. The van der Waals surface area contributed by atoms with Gasteiger partial charge in [0.05, 0.1) is 12.1 Å². The molecule has 5 heteroatoms. The van der Waals surface area contributed by atoms with Crippen LogP contribution in [0, 0.1) is 0 Å². The highest BCUT2D eigenvalue weighted by Gasteiger charge is 2.29. The number of primary amides is 1. The molecule has 18 heavy (non-hydrogen) atoms. The average Bonchev–Trinajstić information content (AvgIpc) is 2.33. The Hall–Kier alpha value is -0.650. The molecule has 0 aromatic rings. The number of likely N-dealkylation sites (N-methyl/N-ethyl adjacent to an activating group) is 2. The first-order valence-electron chi connectivity index (χ1n) is 6.85. The predicted octanol–water partition coefficient (Wildman–Crippen LogP) is 0.588. The van der Waals surface area contributed by atoms with E-state index in [0.29, 0.717) is 0 Å². The van der Waals surface area contributed by atoms with Gasteiger partial charge >= 0.3 is 0 Å². The van der Waals surface area contributed by atoms with Crippen molar-refractivity contribution in [1.82, 2.24) is 10.2 Å². The lowest BCUT2D eigenvalue weighted by atomic mass is 9.96. The fourth-order valence-corrected chi connectivity index (χ4v) is 1.84. The number of nitrogens with one attached hydrogen (secondary N) is 1. The topological polar surface area (TPSA) is 67.6 Å². The minimum absolute atomic E-state index is 0.287. The summed E-state index contributed by atoms with van der Waals surface area (Å²) in [5.41, 5.74) is 4.84. The van der Waals surface area contributed by atoms with Crippen LogP contribution in [0.2, 0.25) is 0 Å². The maximum absolute atomic E-state index is 11.5. The molecule has 1 unspecified atom stereocenters. The molecular formula is C13H29N3O2. The summed E-state index contributed by atoms with van der Waals surface area (Å²) in [6.45, 7) is 12.9. The van der Waals surface area contributed by atoms with E-state index in [1.807, 2.05) is 20.8 Å². The summed E-state index contributed by atoms with van der Waals surface area (Å²) in [5, 5.41) is 3.17. The van der Waals surface area contributed by atoms with Gasteiger partial charge in [-0.2, -0.15) is 0 Å². The standard InChI is InChI=1S/C13H29N3O2/c1-5-15-13(4,12(14)17)8-9-16(6-2)10-11-18-7-3/h15H,5-11H2,1-4H3,(H2,14,17). The molecule has 0 bridgehead atoms. The molecule has 0 rings (SSSR count). The molecule has 108 valence electrons. The third-order valence-corrected chi connectivity index (χ3v) is 3.24. The van der Waals surface area contributed by atoms with E-state index in [9.17, 15) is 4.79 Å². The van der Waals surface area contributed by atoms with E-state index in [0.717, 1.165) is 45.8 Å². The van der Waals surface area contributed by atoms with Gasteiger partial charge in [0.1, 0.15) is 0 Å². The van der Waals surface area contributed by atoms with Gasteiger partial charge < -0.3 is 20.7 Å². The first kappa shape index (κ1) is 17.4. The van der Waals surface area contributed by atoms with E-state index in [-0.39, 0.29) is 5.91 Å². The number of rotatable bonds is 11. The van der Waals surface area contributed by atoms with E-state index >= 15 is 0 Å². The fraction of sp³-hybridized carbons (Fsp3) is 0.923. The molecule has 5 nitrogen and oxygen atoms in total. The zero-order valence-electron chi connectivity index (χ0n) is 12.3. The van der Waals surface area contributed by atoms with Crippen molar-refractivity contribution in [3.63, 3.8) is 0 Å². The van der Waals surface area contributed by atoms with Crippen molar-refractivity contribution in [3.8, 4) is 0 Å². The van der Waals surface area contributed by atoms with Crippen molar-refractivity contribution < 1.29 is 9.53 Å². The summed E-state index contributed by atoms with van der Waals surface area (Å²) >= 11 is 0. The maximum atomic E-state index is 11.5. The van der Waals surface area contributed by atoms with E-state index in [4.69, 9.17) is 10.5 Å². The first-order chi connectivity index (χ1) is 8.50. The predicted molar refractivity (Wildman–Crippen MR) is 74.5 cm³/mol. The molecule has 0 radical (unpaired) electrons. The lowest BCUT2D eigenvalue weighted by Crippen LogP contribution is -2.54. The van der Waals surface area contributed by atoms with Crippen LogP contribution in [0.3, 0.4) is 0 Å². The molecule has 0 saturated carbocycles. The van der Waals surface area contributed by atoms with Gasteiger partial charge in [0.2, 0.25) is 5.91 Å². The molecule has 1 atom stereocenters.